The Hall–Kier alpha value is -3.80. The molecule has 0 saturated heterocycles. The number of ether oxygens (including phenoxy) is 1. The van der Waals surface area contributed by atoms with E-state index in [0.29, 0.717) is 57.6 Å². The van der Waals surface area contributed by atoms with Gasteiger partial charge in [-0.25, -0.2) is 25.9 Å². The molecule has 0 fully saturated rings. The summed E-state index contributed by atoms with van der Waals surface area (Å²) in [5.74, 6) is 8.04. The van der Waals surface area contributed by atoms with Crippen molar-refractivity contribution < 1.29 is 4.74 Å². The summed E-state index contributed by atoms with van der Waals surface area (Å²) in [6, 6.07) is 9.34. The van der Waals surface area contributed by atoms with Gasteiger partial charge in [0.15, 0.2) is 28.7 Å². The van der Waals surface area contributed by atoms with Crippen LogP contribution in [0.1, 0.15) is 22.8 Å². The first-order chi connectivity index (χ1) is 17.7. The zero-order chi connectivity index (χ0) is 26.7. The summed E-state index contributed by atoms with van der Waals surface area (Å²) in [6.45, 7) is 3.66. The summed E-state index contributed by atoms with van der Waals surface area (Å²) in [5, 5.41) is 21.1. The first-order valence-corrected chi connectivity index (χ1v) is 14.9. The molecular weight excluding hydrogens is 606 g/mol. The maximum atomic E-state index is 9.33. The summed E-state index contributed by atoms with van der Waals surface area (Å²) >= 11 is 2.29. The molecule has 1 aromatic carbocycles. The first kappa shape index (κ1) is 26.3. The molecule has 3 heterocycles. The van der Waals surface area contributed by atoms with Crippen LogP contribution in [-0.4, -0.2) is 49.4 Å². The highest BCUT2D eigenvalue weighted by Gasteiger charge is 2.18. The second-order valence-corrected chi connectivity index (χ2v) is 9.87. The molecule has 6 N–H and O–H groups in total. The molecule has 0 amide bonds. The normalized spacial score (nSPS) is 11.6. The lowest BCUT2D eigenvalue weighted by Crippen LogP contribution is -2.26. The van der Waals surface area contributed by atoms with Crippen molar-refractivity contribution in [1.82, 2.24) is 29.4 Å². The molecular formula is C22H24IN12OP. The number of imidazole rings is 1. The summed E-state index contributed by atoms with van der Waals surface area (Å²) in [5.41, 5.74) is 10.2. The van der Waals surface area contributed by atoms with Crippen molar-refractivity contribution in [2.45, 2.75) is 13.8 Å². The average Bonchev–Trinajstić information content (AvgIpc) is 3.19. The van der Waals surface area contributed by atoms with Gasteiger partial charge < -0.3 is 21.1 Å². The third kappa shape index (κ3) is 5.48. The molecule has 3 aromatic heterocycles. The minimum atomic E-state index is 0.199. The van der Waals surface area contributed by atoms with Crippen molar-refractivity contribution in [3.8, 4) is 11.8 Å². The van der Waals surface area contributed by atoms with Gasteiger partial charge in [-0.15, -0.1) is 5.10 Å². The van der Waals surface area contributed by atoms with Crippen LogP contribution in [0.4, 0.5) is 23.0 Å². The minimum absolute atomic E-state index is 0.199. The van der Waals surface area contributed by atoms with Gasteiger partial charge in [0.25, 0.3) is 0 Å². The number of hydrogen-bond donors (Lipinski definition) is 4. The van der Waals surface area contributed by atoms with E-state index < -0.39 is 0 Å². The van der Waals surface area contributed by atoms with Crippen LogP contribution in [0.3, 0.4) is 0 Å². The number of aryl methyl sites for hydroxylation is 2. The zero-order valence-corrected chi connectivity index (χ0v) is 23.6. The molecule has 0 spiro atoms. The molecule has 15 heteroatoms. The Morgan fingerprint density at radius 2 is 2.00 bits per heavy atom. The van der Waals surface area contributed by atoms with Crippen molar-refractivity contribution in [3.63, 3.8) is 0 Å². The lowest BCUT2D eigenvalue weighted by atomic mass is 10.1. The topological polar surface area (TPSA) is 181 Å². The summed E-state index contributed by atoms with van der Waals surface area (Å²) < 4.78 is 7.70. The highest BCUT2D eigenvalue weighted by molar-refractivity contribution is 14.2. The van der Waals surface area contributed by atoms with Gasteiger partial charge in [-0.2, -0.15) is 5.26 Å². The number of hydrogen-bond acceptors (Lipinski definition) is 11. The molecule has 4 aromatic rings. The number of aromatic nitrogens is 5. The molecule has 1 atom stereocenters. The number of nitrogens with one attached hydrogen (secondary N) is 2. The van der Waals surface area contributed by atoms with Gasteiger partial charge in [-0.1, -0.05) is 6.07 Å². The van der Waals surface area contributed by atoms with Crippen LogP contribution in [0.2, 0.25) is 0 Å². The Labute approximate surface area is 227 Å². The molecule has 0 aliphatic rings. The highest BCUT2D eigenvalue weighted by Crippen LogP contribution is 2.38. The van der Waals surface area contributed by atoms with E-state index in [4.69, 9.17) is 26.3 Å². The fourth-order valence-corrected chi connectivity index (χ4v) is 5.73. The monoisotopic (exact) mass is 630 g/mol. The number of nitriles is 1. The van der Waals surface area contributed by atoms with E-state index in [1.54, 1.807) is 39.4 Å². The molecule has 0 bridgehead atoms. The number of methoxy groups -OCH3 is 1. The standard InChI is InChI=1S/C22H24IN12OP/c1-11-16(9-24)30-18(10-27-11)31-17-8-15(19-22(32-17)35(37-23)12(2)28-19)29-14-7-5-6-13(20(14)36-4)21(25)33-34(3)26/h5-8,10,37H,26H2,1-4H3,(H2,25,33)(H2,29,30,31,32). The van der Waals surface area contributed by atoms with Crippen molar-refractivity contribution in [1.29, 1.82) is 5.26 Å². The molecule has 13 nitrogen and oxygen atoms in total. The van der Waals surface area contributed by atoms with Crippen LogP contribution in [0.25, 0.3) is 11.2 Å². The molecule has 0 radical (unpaired) electrons. The quantitative estimate of drug-likeness (QED) is 0.0559. The van der Waals surface area contributed by atoms with Crippen molar-refractivity contribution in [2.24, 2.45) is 16.7 Å². The van der Waals surface area contributed by atoms with Crippen LogP contribution in [-0.2, 0) is 0 Å². The molecule has 0 aliphatic heterocycles. The predicted octanol–water partition coefficient (Wildman–Crippen LogP) is 3.42. The fraction of sp³-hybridized carbons (Fsp3) is 0.182. The third-order valence-corrected chi connectivity index (χ3v) is 7.37. The number of para-hydroxylation sites is 1. The largest absolute Gasteiger partial charge is 0.494 e. The maximum absolute atomic E-state index is 9.33. The van der Waals surface area contributed by atoms with Crippen LogP contribution in [0, 0.1) is 25.2 Å². The number of amidine groups is 1. The second kappa shape index (κ2) is 11.1. The Kier molecular flexibility index (Phi) is 7.86. The van der Waals surface area contributed by atoms with Gasteiger partial charge in [0.1, 0.15) is 23.2 Å². The summed E-state index contributed by atoms with van der Waals surface area (Å²) in [6.07, 6.45) is 1.94. The summed E-state index contributed by atoms with van der Waals surface area (Å²) in [7, 11) is 3.13. The van der Waals surface area contributed by atoms with E-state index in [1.165, 1.54) is 0 Å². The number of nitrogens with two attached hydrogens (primary N) is 2. The number of anilines is 4. The Bertz CT molecular complexity index is 1550. The van der Waals surface area contributed by atoms with Crippen molar-refractivity contribution in [2.75, 3.05) is 24.8 Å². The first-order valence-electron chi connectivity index (χ1n) is 10.8. The van der Waals surface area contributed by atoms with Gasteiger partial charge in [0.2, 0.25) is 0 Å². The number of rotatable bonds is 8. The van der Waals surface area contributed by atoms with E-state index in [1.807, 2.05) is 23.4 Å². The fourth-order valence-electron chi connectivity index (χ4n) is 3.59. The van der Waals surface area contributed by atoms with Gasteiger partial charge in [-0.3, -0.25) is 9.32 Å². The third-order valence-electron chi connectivity index (χ3n) is 5.22. The average molecular weight is 630 g/mol. The SMILES string of the molecule is COc1c(Nc2cc(Nc3cnc(C)c(C#N)n3)nc3c2nc(C)n3PI)cccc1/C(N)=N/N(C)N. The molecule has 190 valence electrons. The van der Waals surface area contributed by atoms with E-state index >= 15 is 0 Å². The maximum Gasteiger partial charge on any atom is 0.168 e. The Morgan fingerprint density at radius 3 is 2.68 bits per heavy atom. The number of nitrogens with zero attached hydrogens (tertiary/aromatic N) is 8. The van der Waals surface area contributed by atoms with Gasteiger partial charge in [0, 0.05) is 13.1 Å². The number of benzene rings is 1. The van der Waals surface area contributed by atoms with Crippen LogP contribution in [0.15, 0.2) is 35.6 Å². The number of fused-ring (bicyclic) bond motifs is 1. The molecule has 4 rings (SSSR count). The van der Waals surface area contributed by atoms with E-state index in [-0.39, 0.29) is 11.5 Å². The minimum Gasteiger partial charge on any atom is -0.494 e. The summed E-state index contributed by atoms with van der Waals surface area (Å²) in [4.78, 5) is 18.1. The zero-order valence-electron chi connectivity index (χ0n) is 20.4. The molecule has 0 aliphatic carbocycles. The van der Waals surface area contributed by atoms with Crippen LogP contribution >= 0.6 is 28.4 Å². The Morgan fingerprint density at radius 1 is 1.22 bits per heavy atom. The lowest BCUT2D eigenvalue weighted by Gasteiger charge is -2.16. The highest BCUT2D eigenvalue weighted by atomic mass is 127. The van der Waals surface area contributed by atoms with E-state index in [0.717, 1.165) is 10.9 Å². The number of hydrazone groups is 1. The van der Waals surface area contributed by atoms with Crippen molar-refractivity contribution >= 4 is 68.4 Å². The van der Waals surface area contributed by atoms with E-state index in [9.17, 15) is 5.26 Å². The van der Waals surface area contributed by atoms with Gasteiger partial charge >= 0.3 is 0 Å². The van der Waals surface area contributed by atoms with Gasteiger partial charge in [0.05, 0.1) is 42.3 Å². The smallest absolute Gasteiger partial charge is 0.168 e. The van der Waals surface area contributed by atoms with Crippen LogP contribution in [0.5, 0.6) is 5.75 Å². The van der Waals surface area contributed by atoms with Crippen molar-refractivity contribution in [3.05, 3.63) is 53.2 Å². The molecule has 37 heavy (non-hydrogen) atoms. The lowest BCUT2D eigenvalue weighted by molar-refractivity contribution is 0.371. The van der Waals surface area contributed by atoms with E-state index in [2.05, 4.69) is 53.8 Å². The predicted molar refractivity (Wildman–Crippen MR) is 154 cm³/mol. The number of hydrazine groups is 1. The van der Waals surface area contributed by atoms with Gasteiger partial charge in [-0.05, 0) is 48.0 Å². The molecule has 0 saturated carbocycles. The Balaban J connectivity index is 1.83. The van der Waals surface area contributed by atoms with Crippen LogP contribution < -0.4 is 26.9 Å². The molecule has 1 unspecified atom stereocenters. The number of pyridine rings is 1. The second-order valence-electron chi connectivity index (χ2n) is 7.80. The number of halogens is 1.